The van der Waals surface area contributed by atoms with E-state index in [1.54, 1.807) is 13.8 Å². The molecule has 0 heterocycles. The van der Waals surface area contributed by atoms with Crippen molar-refractivity contribution >= 4 is 0 Å². The number of alkyl halides is 3. The molecule has 0 amide bonds. The van der Waals surface area contributed by atoms with E-state index in [1.807, 2.05) is 13.8 Å². The standard InChI is InChI=1S/C11H23F3N2/c1-8(2)7-16(9(3)4)10(5-6-15)11(12,13)14/h8-10H,5-7,15H2,1-4H3. The summed E-state index contributed by atoms with van der Waals surface area (Å²) in [6.07, 6.45) is -4.23. The average molecular weight is 240 g/mol. The summed E-state index contributed by atoms with van der Waals surface area (Å²) in [6.45, 7) is 7.93. The molecule has 98 valence electrons. The van der Waals surface area contributed by atoms with E-state index in [0.29, 0.717) is 6.54 Å². The maximum Gasteiger partial charge on any atom is 0.404 e. The number of halogens is 3. The topological polar surface area (TPSA) is 29.3 Å². The van der Waals surface area contributed by atoms with E-state index in [-0.39, 0.29) is 24.9 Å². The van der Waals surface area contributed by atoms with Crippen LogP contribution >= 0.6 is 0 Å². The Morgan fingerprint density at radius 1 is 1.12 bits per heavy atom. The SMILES string of the molecule is CC(C)CN(C(C)C)C(CCN)C(F)(F)F. The highest BCUT2D eigenvalue weighted by Crippen LogP contribution is 2.28. The normalized spacial score (nSPS) is 15.2. The zero-order valence-corrected chi connectivity index (χ0v) is 10.5. The lowest BCUT2D eigenvalue weighted by atomic mass is 10.1. The zero-order valence-electron chi connectivity index (χ0n) is 10.5. The zero-order chi connectivity index (χ0) is 12.9. The third-order valence-corrected chi connectivity index (χ3v) is 2.46. The molecule has 1 unspecified atom stereocenters. The maximum absolute atomic E-state index is 12.9. The van der Waals surface area contributed by atoms with Gasteiger partial charge in [-0.05, 0) is 32.7 Å². The molecular weight excluding hydrogens is 217 g/mol. The molecule has 0 spiro atoms. The van der Waals surface area contributed by atoms with Gasteiger partial charge in [-0.2, -0.15) is 13.2 Å². The highest BCUT2D eigenvalue weighted by atomic mass is 19.4. The van der Waals surface area contributed by atoms with Gasteiger partial charge in [0.15, 0.2) is 0 Å². The summed E-state index contributed by atoms with van der Waals surface area (Å²) in [5.74, 6) is 0.213. The lowest BCUT2D eigenvalue weighted by Crippen LogP contribution is -2.51. The molecule has 1 atom stereocenters. The summed E-state index contributed by atoms with van der Waals surface area (Å²) in [7, 11) is 0. The van der Waals surface area contributed by atoms with Crippen molar-refractivity contribution in [3.05, 3.63) is 0 Å². The second kappa shape index (κ2) is 6.45. The third kappa shape index (κ3) is 5.16. The molecule has 0 aromatic carbocycles. The Morgan fingerprint density at radius 2 is 1.62 bits per heavy atom. The minimum Gasteiger partial charge on any atom is -0.330 e. The molecule has 0 radical (unpaired) electrons. The summed E-state index contributed by atoms with van der Waals surface area (Å²) in [5, 5.41) is 0. The van der Waals surface area contributed by atoms with E-state index in [1.165, 1.54) is 4.90 Å². The van der Waals surface area contributed by atoms with Gasteiger partial charge in [0.05, 0.1) is 0 Å². The fraction of sp³-hybridized carbons (Fsp3) is 1.00. The van der Waals surface area contributed by atoms with Crippen LogP contribution in [-0.4, -0.2) is 36.2 Å². The highest BCUT2D eigenvalue weighted by molar-refractivity contribution is 4.82. The first-order valence-corrected chi connectivity index (χ1v) is 5.72. The van der Waals surface area contributed by atoms with Gasteiger partial charge in [0.25, 0.3) is 0 Å². The number of nitrogens with two attached hydrogens (primary N) is 1. The number of rotatable bonds is 6. The van der Waals surface area contributed by atoms with Crippen molar-refractivity contribution in [3.8, 4) is 0 Å². The van der Waals surface area contributed by atoms with Crippen molar-refractivity contribution in [2.75, 3.05) is 13.1 Å². The van der Waals surface area contributed by atoms with Gasteiger partial charge in [0.1, 0.15) is 6.04 Å². The van der Waals surface area contributed by atoms with Crippen molar-refractivity contribution in [2.24, 2.45) is 11.7 Å². The van der Waals surface area contributed by atoms with E-state index in [9.17, 15) is 13.2 Å². The van der Waals surface area contributed by atoms with Crippen LogP contribution in [0.3, 0.4) is 0 Å². The monoisotopic (exact) mass is 240 g/mol. The Labute approximate surface area is 96.0 Å². The molecule has 0 rings (SSSR count). The first-order chi connectivity index (χ1) is 7.20. The molecule has 0 bridgehead atoms. The predicted octanol–water partition coefficient (Wildman–Crippen LogP) is 2.63. The molecule has 5 heteroatoms. The van der Waals surface area contributed by atoms with Crippen LogP contribution in [0.2, 0.25) is 0 Å². The van der Waals surface area contributed by atoms with Crippen molar-refractivity contribution in [1.29, 1.82) is 0 Å². The summed E-state index contributed by atoms with van der Waals surface area (Å²) < 4.78 is 38.6. The van der Waals surface area contributed by atoms with Gasteiger partial charge in [-0.25, -0.2) is 0 Å². The van der Waals surface area contributed by atoms with Crippen molar-refractivity contribution in [3.63, 3.8) is 0 Å². The lowest BCUT2D eigenvalue weighted by Gasteiger charge is -2.37. The van der Waals surface area contributed by atoms with Crippen LogP contribution in [-0.2, 0) is 0 Å². The third-order valence-electron chi connectivity index (χ3n) is 2.46. The molecule has 0 aliphatic heterocycles. The fourth-order valence-electron chi connectivity index (χ4n) is 1.79. The van der Waals surface area contributed by atoms with Crippen molar-refractivity contribution < 1.29 is 13.2 Å². The Kier molecular flexibility index (Phi) is 6.33. The lowest BCUT2D eigenvalue weighted by molar-refractivity contribution is -0.190. The Hall–Kier alpha value is -0.290. The van der Waals surface area contributed by atoms with E-state index >= 15 is 0 Å². The molecule has 0 aliphatic rings. The molecule has 0 aromatic heterocycles. The molecule has 16 heavy (non-hydrogen) atoms. The van der Waals surface area contributed by atoms with Crippen LogP contribution in [0.1, 0.15) is 34.1 Å². The first kappa shape index (κ1) is 15.7. The van der Waals surface area contributed by atoms with E-state index < -0.39 is 12.2 Å². The molecule has 0 fully saturated rings. The van der Waals surface area contributed by atoms with Crippen LogP contribution in [0.5, 0.6) is 0 Å². The van der Waals surface area contributed by atoms with E-state index in [4.69, 9.17) is 5.73 Å². The van der Waals surface area contributed by atoms with Gasteiger partial charge in [0, 0.05) is 12.6 Å². The molecule has 0 aliphatic carbocycles. The largest absolute Gasteiger partial charge is 0.404 e. The Morgan fingerprint density at radius 3 is 1.88 bits per heavy atom. The smallest absolute Gasteiger partial charge is 0.330 e. The Balaban J connectivity index is 4.80. The van der Waals surface area contributed by atoms with Crippen molar-refractivity contribution in [2.45, 2.75) is 52.4 Å². The summed E-state index contributed by atoms with van der Waals surface area (Å²) in [5.41, 5.74) is 5.27. The number of hydrogen-bond donors (Lipinski definition) is 1. The van der Waals surface area contributed by atoms with Crippen LogP contribution in [0.25, 0.3) is 0 Å². The number of nitrogens with zero attached hydrogens (tertiary/aromatic N) is 1. The second-order valence-corrected chi connectivity index (χ2v) is 4.82. The first-order valence-electron chi connectivity index (χ1n) is 5.72. The van der Waals surface area contributed by atoms with Crippen LogP contribution in [0.4, 0.5) is 13.2 Å². The average Bonchev–Trinajstić information content (AvgIpc) is 2.08. The van der Waals surface area contributed by atoms with Gasteiger partial charge in [-0.15, -0.1) is 0 Å². The van der Waals surface area contributed by atoms with E-state index in [2.05, 4.69) is 0 Å². The molecule has 0 aromatic rings. The predicted molar refractivity (Wildman–Crippen MR) is 60.2 cm³/mol. The molecule has 0 saturated heterocycles. The van der Waals surface area contributed by atoms with Crippen LogP contribution in [0, 0.1) is 5.92 Å². The maximum atomic E-state index is 12.9. The van der Waals surface area contributed by atoms with Gasteiger partial charge >= 0.3 is 6.18 Å². The van der Waals surface area contributed by atoms with Gasteiger partial charge < -0.3 is 5.73 Å². The fourth-order valence-corrected chi connectivity index (χ4v) is 1.79. The number of hydrogen-bond acceptors (Lipinski definition) is 2. The minimum atomic E-state index is -4.20. The molecule has 0 saturated carbocycles. The Bertz CT molecular complexity index is 190. The second-order valence-electron chi connectivity index (χ2n) is 4.82. The quantitative estimate of drug-likeness (QED) is 0.773. The van der Waals surface area contributed by atoms with Gasteiger partial charge in [0.2, 0.25) is 0 Å². The van der Waals surface area contributed by atoms with Gasteiger partial charge in [-0.3, -0.25) is 4.90 Å². The van der Waals surface area contributed by atoms with Gasteiger partial charge in [-0.1, -0.05) is 13.8 Å². The summed E-state index contributed by atoms with van der Waals surface area (Å²) in [4.78, 5) is 1.50. The molecule has 2 N–H and O–H groups in total. The van der Waals surface area contributed by atoms with Crippen molar-refractivity contribution in [1.82, 2.24) is 4.90 Å². The molecular formula is C11H23F3N2. The highest BCUT2D eigenvalue weighted by Gasteiger charge is 2.43. The van der Waals surface area contributed by atoms with Crippen LogP contribution < -0.4 is 5.73 Å². The molecule has 2 nitrogen and oxygen atoms in total. The van der Waals surface area contributed by atoms with E-state index in [0.717, 1.165) is 0 Å². The summed E-state index contributed by atoms with van der Waals surface area (Å²) in [6, 6.07) is -1.54. The summed E-state index contributed by atoms with van der Waals surface area (Å²) >= 11 is 0. The minimum absolute atomic E-state index is 0.0333. The van der Waals surface area contributed by atoms with Crippen LogP contribution in [0.15, 0.2) is 0 Å².